The molecule has 23 heavy (non-hydrogen) atoms. The fourth-order valence-corrected chi connectivity index (χ4v) is 6.83. The largest absolute Gasteiger partial charge is 0.392 e. The summed E-state index contributed by atoms with van der Waals surface area (Å²) >= 11 is 0. The van der Waals surface area contributed by atoms with Crippen LogP contribution in [0.3, 0.4) is 0 Å². The van der Waals surface area contributed by atoms with E-state index in [2.05, 4.69) is 26.0 Å². The van der Waals surface area contributed by atoms with Crippen LogP contribution in [-0.2, 0) is 4.79 Å². The maximum absolute atomic E-state index is 12.1. The van der Waals surface area contributed by atoms with E-state index in [0.717, 1.165) is 44.1 Å². The second-order valence-corrected chi connectivity index (χ2v) is 8.90. The second-order valence-electron chi connectivity index (χ2n) is 8.90. The van der Waals surface area contributed by atoms with Crippen molar-refractivity contribution in [2.24, 2.45) is 28.6 Å². The lowest BCUT2D eigenvalue weighted by molar-refractivity contribution is -0.116. The molecule has 0 aromatic heterocycles. The third kappa shape index (κ3) is 1.94. The molecule has 2 heteroatoms. The topological polar surface area (TPSA) is 37.3 Å². The summed E-state index contributed by atoms with van der Waals surface area (Å²) in [7, 11) is 0. The lowest BCUT2D eigenvalue weighted by atomic mass is 9.47. The summed E-state index contributed by atoms with van der Waals surface area (Å²) in [6.45, 7) is 6.39. The van der Waals surface area contributed by atoms with Gasteiger partial charge in [0, 0.05) is 5.41 Å². The van der Waals surface area contributed by atoms with Gasteiger partial charge >= 0.3 is 0 Å². The van der Waals surface area contributed by atoms with E-state index >= 15 is 0 Å². The molecule has 4 rings (SSSR count). The van der Waals surface area contributed by atoms with E-state index in [1.54, 1.807) is 6.92 Å². The first kappa shape index (κ1) is 15.6. The lowest BCUT2D eigenvalue weighted by Crippen LogP contribution is -2.53. The smallest absolute Gasteiger partial charge is 0.156 e. The van der Waals surface area contributed by atoms with Crippen LogP contribution in [0.2, 0.25) is 0 Å². The number of aliphatic hydroxyl groups excluding tert-OH is 1. The number of carbonyl (C=O) groups is 1. The van der Waals surface area contributed by atoms with Gasteiger partial charge in [0.1, 0.15) is 0 Å². The van der Waals surface area contributed by atoms with E-state index in [1.165, 1.54) is 12.0 Å². The van der Waals surface area contributed by atoms with Crippen LogP contribution in [0.25, 0.3) is 0 Å². The summed E-state index contributed by atoms with van der Waals surface area (Å²) in [4.78, 5) is 12.1. The van der Waals surface area contributed by atoms with Crippen molar-refractivity contribution in [3.05, 3.63) is 23.3 Å². The first-order chi connectivity index (χ1) is 10.9. The number of allylic oxidation sites excluding steroid dienone is 3. The third-order valence-corrected chi connectivity index (χ3v) is 8.11. The van der Waals surface area contributed by atoms with Crippen LogP contribution in [0, 0.1) is 28.6 Å². The number of hydrogen-bond donors (Lipinski definition) is 1. The van der Waals surface area contributed by atoms with E-state index in [4.69, 9.17) is 0 Å². The van der Waals surface area contributed by atoms with Crippen LogP contribution < -0.4 is 0 Å². The summed E-state index contributed by atoms with van der Waals surface area (Å²) in [6.07, 6.45) is 12.3. The maximum Gasteiger partial charge on any atom is 0.156 e. The Morgan fingerprint density at radius 1 is 1.17 bits per heavy atom. The molecular formula is C21H30O2. The van der Waals surface area contributed by atoms with E-state index in [-0.39, 0.29) is 22.7 Å². The van der Waals surface area contributed by atoms with E-state index in [0.29, 0.717) is 17.8 Å². The van der Waals surface area contributed by atoms with Gasteiger partial charge in [-0.05, 0) is 80.6 Å². The van der Waals surface area contributed by atoms with Crippen LogP contribution in [0.5, 0.6) is 0 Å². The van der Waals surface area contributed by atoms with Gasteiger partial charge < -0.3 is 5.11 Å². The molecule has 126 valence electrons. The number of rotatable bonds is 1. The van der Waals surface area contributed by atoms with Gasteiger partial charge in [-0.25, -0.2) is 0 Å². The zero-order chi connectivity index (χ0) is 16.4. The van der Waals surface area contributed by atoms with Crippen molar-refractivity contribution in [3.8, 4) is 0 Å². The molecule has 0 saturated heterocycles. The molecule has 1 N–H and O–H groups in total. The molecule has 2 fully saturated rings. The Labute approximate surface area is 140 Å². The monoisotopic (exact) mass is 314 g/mol. The Bertz CT molecular complexity index is 601. The van der Waals surface area contributed by atoms with Gasteiger partial charge in [0.05, 0.1) is 6.10 Å². The van der Waals surface area contributed by atoms with Gasteiger partial charge in [0.25, 0.3) is 0 Å². The van der Waals surface area contributed by atoms with Crippen molar-refractivity contribution in [1.29, 1.82) is 0 Å². The molecule has 0 spiro atoms. The molecule has 6 atom stereocenters. The van der Waals surface area contributed by atoms with Gasteiger partial charge in [-0.1, -0.05) is 31.6 Å². The Kier molecular flexibility index (Phi) is 3.43. The molecule has 0 aromatic rings. The van der Waals surface area contributed by atoms with E-state index < -0.39 is 0 Å². The summed E-state index contributed by atoms with van der Waals surface area (Å²) in [5, 5.41) is 10.8. The van der Waals surface area contributed by atoms with E-state index in [9.17, 15) is 9.90 Å². The fourth-order valence-electron chi connectivity index (χ4n) is 6.83. The highest BCUT2D eigenvalue weighted by atomic mass is 16.3. The Balaban J connectivity index is 1.71. The predicted octanol–water partition coefficient (Wildman–Crippen LogP) is 4.44. The van der Waals surface area contributed by atoms with Crippen LogP contribution in [0.15, 0.2) is 23.3 Å². The quantitative estimate of drug-likeness (QED) is 0.727. The predicted molar refractivity (Wildman–Crippen MR) is 91.9 cm³/mol. The van der Waals surface area contributed by atoms with Crippen LogP contribution >= 0.6 is 0 Å². The van der Waals surface area contributed by atoms with Gasteiger partial charge in [0.15, 0.2) is 5.78 Å². The average molecular weight is 314 g/mol. The number of fused-ring (bicyclic) bond motifs is 5. The van der Waals surface area contributed by atoms with Crippen molar-refractivity contribution in [1.82, 2.24) is 0 Å². The highest BCUT2D eigenvalue weighted by Crippen LogP contribution is 2.64. The Morgan fingerprint density at radius 3 is 2.70 bits per heavy atom. The highest BCUT2D eigenvalue weighted by molar-refractivity contribution is 5.95. The summed E-state index contributed by atoms with van der Waals surface area (Å²) in [5.74, 6) is 2.08. The first-order valence-electron chi connectivity index (χ1n) is 9.48. The summed E-state index contributed by atoms with van der Waals surface area (Å²) in [5.41, 5.74) is 2.68. The van der Waals surface area contributed by atoms with Gasteiger partial charge in [0.2, 0.25) is 0 Å². The second kappa shape index (κ2) is 5.05. The zero-order valence-corrected chi connectivity index (χ0v) is 14.8. The molecule has 4 aliphatic rings. The summed E-state index contributed by atoms with van der Waals surface area (Å²) < 4.78 is 0. The average Bonchev–Trinajstić information content (AvgIpc) is 2.86. The molecule has 0 amide bonds. The Hall–Kier alpha value is -0.890. The zero-order valence-electron chi connectivity index (χ0n) is 14.8. The molecule has 0 radical (unpaired) electrons. The minimum absolute atomic E-state index is 0.0124. The molecule has 0 aromatic carbocycles. The third-order valence-electron chi connectivity index (χ3n) is 8.11. The van der Waals surface area contributed by atoms with Crippen molar-refractivity contribution >= 4 is 5.78 Å². The molecule has 1 unspecified atom stereocenters. The number of hydrogen-bond acceptors (Lipinski definition) is 2. The normalized spacial score (nSPS) is 48.7. The molecule has 0 aliphatic heterocycles. The minimum atomic E-state index is -0.179. The van der Waals surface area contributed by atoms with Gasteiger partial charge in [-0.3, -0.25) is 4.79 Å². The van der Waals surface area contributed by atoms with Crippen molar-refractivity contribution in [2.75, 3.05) is 0 Å². The lowest BCUT2D eigenvalue weighted by Gasteiger charge is -2.58. The first-order valence-corrected chi connectivity index (χ1v) is 9.48. The van der Waals surface area contributed by atoms with Crippen molar-refractivity contribution in [3.63, 3.8) is 0 Å². The molecule has 2 saturated carbocycles. The van der Waals surface area contributed by atoms with Gasteiger partial charge in [-0.2, -0.15) is 0 Å². The van der Waals surface area contributed by atoms with Crippen molar-refractivity contribution in [2.45, 2.75) is 71.8 Å². The number of ketones is 1. The molecule has 0 bridgehead atoms. The number of Topliss-reactive ketones (excluding diaryl/α,β-unsaturated/α-hetero) is 1. The van der Waals surface area contributed by atoms with Gasteiger partial charge in [-0.15, -0.1) is 0 Å². The molecular weight excluding hydrogens is 284 g/mol. The van der Waals surface area contributed by atoms with E-state index in [1.807, 2.05) is 0 Å². The van der Waals surface area contributed by atoms with Crippen LogP contribution in [0.4, 0.5) is 0 Å². The molecule has 0 heterocycles. The van der Waals surface area contributed by atoms with Crippen molar-refractivity contribution < 1.29 is 9.90 Å². The fraction of sp³-hybridized carbons (Fsp3) is 0.762. The molecule has 4 aliphatic carbocycles. The number of carbonyl (C=O) groups excluding carboxylic acids is 1. The standard InChI is InChI=1S/C21H30O2/c1-13(22)16-9-10-17-15-8-7-14-5-4-6-19(23)21(14,3)18(15)11-12-20(16,17)2/h7,9,15,17-19,23H,4-6,8,10-12H2,1-3H3/t15-,17-,18-,19?,20+,21-/m0/s1. The Morgan fingerprint density at radius 2 is 1.96 bits per heavy atom. The highest BCUT2D eigenvalue weighted by Gasteiger charge is 2.58. The van der Waals surface area contributed by atoms with Crippen LogP contribution in [0.1, 0.15) is 65.7 Å². The molecule has 2 nitrogen and oxygen atoms in total. The SMILES string of the molecule is CC(=O)C1=CC[C@H]2[C@@H]3CC=C4CCCC(O)[C@]4(C)[C@H]3CC[C@]12C. The summed E-state index contributed by atoms with van der Waals surface area (Å²) in [6, 6.07) is 0. The minimum Gasteiger partial charge on any atom is -0.392 e. The van der Waals surface area contributed by atoms with Crippen LogP contribution in [-0.4, -0.2) is 17.0 Å². The number of aliphatic hydroxyl groups is 1. The maximum atomic E-state index is 12.1.